The van der Waals surface area contributed by atoms with Gasteiger partial charge in [0.2, 0.25) is 0 Å². The van der Waals surface area contributed by atoms with Crippen molar-refractivity contribution in [3.8, 4) is 0 Å². The summed E-state index contributed by atoms with van der Waals surface area (Å²) in [5.74, 6) is -0.0860. The number of Topliss-reactive ketones (excluding diaryl/α,β-unsaturated/α-hetero) is 1. The Balaban J connectivity index is 3.14. The van der Waals surface area contributed by atoms with E-state index >= 15 is 0 Å². The van der Waals surface area contributed by atoms with Gasteiger partial charge < -0.3 is 0 Å². The van der Waals surface area contributed by atoms with Gasteiger partial charge in [-0.05, 0) is 11.6 Å². The van der Waals surface area contributed by atoms with Crippen LogP contribution in [0.15, 0.2) is 18.2 Å². The molecule has 0 heterocycles. The van der Waals surface area contributed by atoms with Gasteiger partial charge in [-0.3, -0.25) is 4.79 Å². The number of ketones is 1. The van der Waals surface area contributed by atoms with Gasteiger partial charge in [0.25, 0.3) is 6.43 Å². The van der Waals surface area contributed by atoms with Gasteiger partial charge in [-0.2, -0.15) is 0 Å². The third-order valence-electron chi connectivity index (χ3n) is 2.13. The van der Waals surface area contributed by atoms with Crippen LogP contribution in [0.1, 0.15) is 34.3 Å². The van der Waals surface area contributed by atoms with Crippen molar-refractivity contribution in [3.05, 3.63) is 34.9 Å². The molecule has 0 aliphatic carbocycles. The van der Waals surface area contributed by atoms with Crippen LogP contribution in [0.5, 0.6) is 0 Å². The van der Waals surface area contributed by atoms with Crippen molar-refractivity contribution in [2.45, 2.75) is 18.7 Å². The van der Waals surface area contributed by atoms with Crippen molar-refractivity contribution in [2.75, 3.05) is 5.33 Å². The molecule has 0 aliphatic heterocycles. The summed E-state index contributed by atoms with van der Waals surface area (Å²) in [6.07, 6.45) is -2.44. The van der Waals surface area contributed by atoms with E-state index in [2.05, 4.69) is 15.9 Å². The summed E-state index contributed by atoms with van der Waals surface area (Å²) in [6.45, 7) is 0. The average molecular weight is 312 g/mol. The lowest BCUT2D eigenvalue weighted by Gasteiger charge is -2.08. The Kier molecular flexibility index (Phi) is 5.35. The van der Waals surface area contributed by atoms with Gasteiger partial charge in [0.1, 0.15) is 0 Å². The lowest BCUT2D eigenvalue weighted by atomic mass is 10.00. The first-order valence-corrected chi connectivity index (χ1v) is 6.31. The quantitative estimate of drug-likeness (QED) is 0.584. The zero-order chi connectivity index (χ0) is 12.1. The first-order chi connectivity index (χ1) is 7.60. The van der Waals surface area contributed by atoms with Crippen LogP contribution in [-0.2, 0) is 5.88 Å². The average Bonchev–Trinajstić information content (AvgIpc) is 2.28. The Morgan fingerprint density at radius 2 is 2.12 bits per heavy atom. The number of carbonyl (C=O) groups is 1. The molecule has 0 aliphatic rings. The molecule has 0 N–H and O–H groups in total. The van der Waals surface area contributed by atoms with E-state index in [1.807, 2.05) is 0 Å². The molecule has 0 saturated heterocycles. The summed E-state index contributed by atoms with van der Waals surface area (Å²) in [7, 11) is 0. The zero-order valence-corrected chi connectivity index (χ0v) is 10.7. The summed E-state index contributed by atoms with van der Waals surface area (Å²) >= 11 is 8.71. The van der Waals surface area contributed by atoms with Crippen molar-refractivity contribution < 1.29 is 13.6 Å². The second-order valence-corrected chi connectivity index (χ2v) is 4.28. The van der Waals surface area contributed by atoms with Gasteiger partial charge in [-0.15, -0.1) is 11.6 Å². The molecule has 0 saturated carbocycles. The molecule has 0 spiro atoms. The molecule has 0 atom stereocenters. The Morgan fingerprint density at radius 1 is 1.44 bits per heavy atom. The Morgan fingerprint density at radius 3 is 2.62 bits per heavy atom. The van der Waals surface area contributed by atoms with Crippen molar-refractivity contribution >= 4 is 33.3 Å². The van der Waals surface area contributed by atoms with Gasteiger partial charge in [-0.1, -0.05) is 28.1 Å². The number of hydrogen-bond acceptors (Lipinski definition) is 1. The maximum atomic E-state index is 12.7. The third-order valence-corrected chi connectivity index (χ3v) is 2.83. The molecule has 16 heavy (non-hydrogen) atoms. The van der Waals surface area contributed by atoms with Crippen LogP contribution in [0.25, 0.3) is 0 Å². The number of carbonyl (C=O) groups excluding carboxylic acids is 1. The van der Waals surface area contributed by atoms with E-state index < -0.39 is 6.43 Å². The van der Waals surface area contributed by atoms with Gasteiger partial charge in [0.05, 0.1) is 0 Å². The minimum Gasteiger partial charge on any atom is -0.294 e. The van der Waals surface area contributed by atoms with E-state index in [9.17, 15) is 13.6 Å². The molecular formula is C11H10BrClF2O. The molecule has 1 aromatic rings. The molecule has 1 rings (SSSR count). The standard InChI is InChI=1S/C11H10BrClF2O/c12-4-3-10(16)9-5-7(6-13)1-2-8(9)11(14)15/h1-2,5,11H,3-4,6H2. The molecule has 5 heteroatoms. The molecule has 1 nitrogen and oxygen atoms in total. The lowest BCUT2D eigenvalue weighted by Crippen LogP contribution is -2.05. The molecule has 0 unspecified atom stereocenters. The molecule has 0 aromatic heterocycles. The highest BCUT2D eigenvalue weighted by Crippen LogP contribution is 2.25. The van der Waals surface area contributed by atoms with Gasteiger partial charge in [0.15, 0.2) is 5.78 Å². The molecule has 0 radical (unpaired) electrons. The fourth-order valence-corrected chi connectivity index (χ4v) is 1.87. The van der Waals surface area contributed by atoms with E-state index in [1.165, 1.54) is 18.2 Å². The van der Waals surface area contributed by atoms with Gasteiger partial charge in [0, 0.05) is 28.8 Å². The highest BCUT2D eigenvalue weighted by atomic mass is 79.9. The zero-order valence-electron chi connectivity index (χ0n) is 8.35. The van der Waals surface area contributed by atoms with E-state index in [4.69, 9.17) is 11.6 Å². The maximum absolute atomic E-state index is 12.7. The van der Waals surface area contributed by atoms with E-state index in [0.717, 1.165) is 0 Å². The van der Waals surface area contributed by atoms with Crippen LogP contribution in [0, 0.1) is 0 Å². The SMILES string of the molecule is O=C(CCBr)c1cc(CCl)ccc1C(F)F. The van der Waals surface area contributed by atoms with Crippen LogP contribution in [0.3, 0.4) is 0 Å². The van der Waals surface area contributed by atoms with E-state index in [0.29, 0.717) is 10.9 Å². The summed E-state index contributed by atoms with van der Waals surface area (Å²) in [6, 6.07) is 4.22. The summed E-state index contributed by atoms with van der Waals surface area (Å²) in [4.78, 5) is 11.6. The highest BCUT2D eigenvalue weighted by Gasteiger charge is 2.18. The molecule has 0 fully saturated rings. The number of alkyl halides is 4. The monoisotopic (exact) mass is 310 g/mol. The Bertz CT molecular complexity index is 382. The first kappa shape index (κ1) is 13.6. The normalized spacial score (nSPS) is 10.8. The van der Waals surface area contributed by atoms with Gasteiger partial charge in [-0.25, -0.2) is 8.78 Å². The van der Waals surface area contributed by atoms with Crippen LogP contribution in [0.4, 0.5) is 8.78 Å². The smallest absolute Gasteiger partial charge is 0.264 e. The minimum absolute atomic E-state index is 0.0765. The molecule has 1 aromatic carbocycles. The summed E-state index contributed by atoms with van der Waals surface area (Å²) in [5.41, 5.74) is 0.524. The number of rotatable bonds is 5. The first-order valence-electron chi connectivity index (χ1n) is 4.66. The van der Waals surface area contributed by atoms with E-state index in [1.54, 1.807) is 0 Å². The van der Waals surface area contributed by atoms with Crippen LogP contribution in [0.2, 0.25) is 0 Å². The summed E-state index contributed by atoms with van der Waals surface area (Å²) < 4.78 is 25.3. The molecule has 88 valence electrons. The van der Waals surface area contributed by atoms with Crippen molar-refractivity contribution in [1.29, 1.82) is 0 Å². The summed E-state index contributed by atoms with van der Waals surface area (Å²) in [5, 5.41) is 0.458. The number of halogens is 4. The van der Waals surface area contributed by atoms with Crippen LogP contribution >= 0.6 is 27.5 Å². The van der Waals surface area contributed by atoms with Crippen LogP contribution in [-0.4, -0.2) is 11.1 Å². The fraction of sp³-hybridized carbons (Fsp3) is 0.364. The van der Waals surface area contributed by atoms with Gasteiger partial charge >= 0.3 is 0 Å². The van der Waals surface area contributed by atoms with Crippen molar-refractivity contribution in [1.82, 2.24) is 0 Å². The lowest BCUT2D eigenvalue weighted by molar-refractivity contribution is 0.0976. The second-order valence-electron chi connectivity index (χ2n) is 3.22. The third kappa shape index (κ3) is 3.25. The minimum atomic E-state index is -2.64. The molecular weight excluding hydrogens is 301 g/mol. The topological polar surface area (TPSA) is 17.1 Å². The predicted octanol–water partition coefficient (Wildman–Crippen LogP) is 4.33. The molecule has 0 amide bonds. The highest BCUT2D eigenvalue weighted by molar-refractivity contribution is 9.09. The van der Waals surface area contributed by atoms with Crippen molar-refractivity contribution in [2.24, 2.45) is 0 Å². The fourth-order valence-electron chi connectivity index (χ4n) is 1.34. The number of hydrogen-bond donors (Lipinski definition) is 0. The number of benzene rings is 1. The second kappa shape index (κ2) is 6.30. The predicted molar refractivity (Wildman–Crippen MR) is 63.7 cm³/mol. The van der Waals surface area contributed by atoms with Crippen LogP contribution < -0.4 is 0 Å². The van der Waals surface area contributed by atoms with E-state index in [-0.39, 0.29) is 29.2 Å². The Hall–Kier alpha value is -0.480. The Labute approximate surface area is 106 Å². The molecule has 0 bridgehead atoms. The largest absolute Gasteiger partial charge is 0.294 e. The maximum Gasteiger partial charge on any atom is 0.264 e. The van der Waals surface area contributed by atoms with Crippen molar-refractivity contribution in [3.63, 3.8) is 0 Å².